The molecule has 1 atom stereocenters. The Morgan fingerprint density at radius 3 is 2.74 bits per heavy atom. The van der Waals surface area contributed by atoms with Gasteiger partial charge in [-0.15, -0.1) is 0 Å². The third-order valence-corrected chi connectivity index (χ3v) is 3.95. The maximum Gasteiger partial charge on any atom is 0.307 e. The molecule has 0 aromatic carbocycles. The van der Waals surface area contributed by atoms with Gasteiger partial charge in [0.25, 0.3) is 0 Å². The summed E-state index contributed by atoms with van der Waals surface area (Å²) in [7, 11) is 0. The lowest BCUT2D eigenvalue weighted by Crippen LogP contribution is -2.30. The number of rotatable bonds is 7. The van der Waals surface area contributed by atoms with Crippen molar-refractivity contribution in [1.82, 2.24) is 9.88 Å². The van der Waals surface area contributed by atoms with E-state index in [9.17, 15) is 14.7 Å². The molecule has 6 heteroatoms. The number of aliphatic hydroxyl groups is 1. The molecule has 0 fully saturated rings. The van der Waals surface area contributed by atoms with Crippen molar-refractivity contribution < 1.29 is 9.90 Å². The molecule has 19 heavy (non-hydrogen) atoms. The van der Waals surface area contributed by atoms with Crippen molar-refractivity contribution in [3.8, 4) is 0 Å². The van der Waals surface area contributed by atoms with Crippen LogP contribution in [-0.4, -0.2) is 28.2 Å². The number of amides is 1. The van der Waals surface area contributed by atoms with E-state index in [1.54, 1.807) is 9.95 Å². The smallest absolute Gasteiger partial charge is 0.307 e. The van der Waals surface area contributed by atoms with E-state index in [0.717, 1.165) is 17.0 Å². The molecule has 0 spiro atoms. The van der Waals surface area contributed by atoms with Gasteiger partial charge in [0.1, 0.15) is 0 Å². The molecule has 1 heterocycles. The summed E-state index contributed by atoms with van der Waals surface area (Å²) in [4.78, 5) is 23.0. The molecule has 1 aromatic heterocycles. The normalized spacial score (nSPS) is 12.7. The van der Waals surface area contributed by atoms with Crippen molar-refractivity contribution in [2.24, 2.45) is 5.92 Å². The first kappa shape index (κ1) is 15.9. The van der Waals surface area contributed by atoms with E-state index in [4.69, 9.17) is 0 Å². The van der Waals surface area contributed by atoms with Crippen LogP contribution in [0, 0.1) is 12.8 Å². The van der Waals surface area contributed by atoms with Crippen molar-refractivity contribution in [2.45, 2.75) is 46.3 Å². The Morgan fingerprint density at radius 2 is 2.21 bits per heavy atom. The fourth-order valence-electron chi connectivity index (χ4n) is 1.67. The van der Waals surface area contributed by atoms with Gasteiger partial charge in [0.15, 0.2) is 0 Å². The molecule has 1 unspecified atom stereocenters. The Bertz CT molecular complexity index is 465. The van der Waals surface area contributed by atoms with Gasteiger partial charge in [0.05, 0.1) is 6.10 Å². The van der Waals surface area contributed by atoms with Gasteiger partial charge in [0, 0.05) is 30.6 Å². The van der Waals surface area contributed by atoms with E-state index in [2.05, 4.69) is 5.32 Å². The van der Waals surface area contributed by atoms with E-state index in [-0.39, 0.29) is 29.2 Å². The summed E-state index contributed by atoms with van der Waals surface area (Å²) in [6.45, 7) is 6.62. The molecule has 0 aliphatic heterocycles. The fraction of sp³-hybridized carbons (Fsp3) is 0.692. The second-order valence-corrected chi connectivity index (χ2v) is 5.82. The summed E-state index contributed by atoms with van der Waals surface area (Å²) in [6, 6.07) is 0. The highest BCUT2D eigenvalue weighted by Gasteiger charge is 2.10. The SMILES string of the molecule is Cc1csc(=O)n1CCC(=O)NCCC(O)C(C)C. The predicted molar refractivity (Wildman–Crippen MR) is 76.4 cm³/mol. The quantitative estimate of drug-likeness (QED) is 0.789. The van der Waals surface area contributed by atoms with Gasteiger partial charge in [-0.25, -0.2) is 0 Å². The minimum atomic E-state index is -0.387. The molecular weight excluding hydrogens is 264 g/mol. The number of aliphatic hydroxyl groups excluding tert-OH is 1. The highest BCUT2D eigenvalue weighted by molar-refractivity contribution is 7.07. The zero-order valence-electron chi connectivity index (χ0n) is 11.7. The molecular formula is C13H22N2O3S. The first-order valence-corrected chi connectivity index (χ1v) is 7.39. The predicted octanol–water partition coefficient (Wildman–Crippen LogP) is 1.13. The van der Waals surface area contributed by atoms with Crippen LogP contribution in [0.5, 0.6) is 0 Å². The fourth-order valence-corrected chi connectivity index (χ4v) is 2.43. The first-order valence-electron chi connectivity index (χ1n) is 6.51. The van der Waals surface area contributed by atoms with Crippen LogP contribution in [0.1, 0.15) is 32.4 Å². The molecule has 0 aliphatic rings. The average Bonchev–Trinajstić information content (AvgIpc) is 2.66. The van der Waals surface area contributed by atoms with E-state index in [1.807, 2.05) is 20.8 Å². The average molecular weight is 286 g/mol. The number of hydrogen-bond donors (Lipinski definition) is 2. The van der Waals surface area contributed by atoms with E-state index in [0.29, 0.717) is 19.5 Å². The second-order valence-electron chi connectivity index (χ2n) is 4.99. The largest absolute Gasteiger partial charge is 0.393 e. The van der Waals surface area contributed by atoms with Gasteiger partial charge in [-0.3, -0.25) is 9.59 Å². The van der Waals surface area contributed by atoms with Crippen LogP contribution in [0.25, 0.3) is 0 Å². The summed E-state index contributed by atoms with van der Waals surface area (Å²) in [6.07, 6.45) is 0.456. The minimum absolute atomic E-state index is 0.0273. The van der Waals surface area contributed by atoms with Gasteiger partial charge in [-0.05, 0) is 19.3 Å². The topological polar surface area (TPSA) is 71.3 Å². The molecule has 1 rings (SSSR count). The lowest BCUT2D eigenvalue weighted by Gasteiger charge is -2.14. The summed E-state index contributed by atoms with van der Waals surface area (Å²) in [5.41, 5.74) is 0.887. The second kappa shape index (κ2) is 7.45. The van der Waals surface area contributed by atoms with Crippen LogP contribution in [-0.2, 0) is 11.3 Å². The van der Waals surface area contributed by atoms with E-state index in [1.165, 1.54) is 0 Å². The van der Waals surface area contributed by atoms with Crippen molar-refractivity contribution in [2.75, 3.05) is 6.54 Å². The molecule has 0 saturated carbocycles. The lowest BCUT2D eigenvalue weighted by molar-refractivity contribution is -0.121. The number of thiazole rings is 1. The molecule has 108 valence electrons. The van der Waals surface area contributed by atoms with Crippen molar-refractivity contribution >= 4 is 17.2 Å². The van der Waals surface area contributed by atoms with Crippen molar-refractivity contribution in [1.29, 1.82) is 0 Å². The lowest BCUT2D eigenvalue weighted by atomic mass is 10.0. The Kier molecular flexibility index (Phi) is 6.24. The summed E-state index contributed by atoms with van der Waals surface area (Å²) >= 11 is 1.15. The highest BCUT2D eigenvalue weighted by atomic mass is 32.1. The summed E-state index contributed by atoms with van der Waals surface area (Å²) in [5.74, 6) is 0.109. The van der Waals surface area contributed by atoms with Crippen LogP contribution < -0.4 is 10.2 Å². The van der Waals surface area contributed by atoms with E-state index >= 15 is 0 Å². The zero-order valence-corrected chi connectivity index (χ0v) is 12.5. The monoisotopic (exact) mass is 286 g/mol. The molecule has 1 aromatic rings. The number of nitrogens with one attached hydrogen (secondary N) is 1. The number of carbonyl (C=O) groups excluding carboxylic acids is 1. The van der Waals surface area contributed by atoms with Crippen LogP contribution in [0.4, 0.5) is 0 Å². The van der Waals surface area contributed by atoms with Crippen LogP contribution in [0.15, 0.2) is 10.2 Å². The summed E-state index contributed by atoms with van der Waals surface area (Å²) < 4.78 is 1.60. The molecule has 5 nitrogen and oxygen atoms in total. The number of aryl methyl sites for hydroxylation is 1. The standard InChI is InChI=1S/C13H22N2O3S/c1-9(2)11(16)4-6-14-12(17)5-7-15-10(3)8-19-13(15)18/h8-9,11,16H,4-7H2,1-3H3,(H,14,17). The number of hydrogen-bond acceptors (Lipinski definition) is 4. The van der Waals surface area contributed by atoms with Gasteiger partial charge in [-0.2, -0.15) is 0 Å². The Balaban J connectivity index is 2.27. The molecule has 0 radical (unpaired) electrons. The summed E-state index contributed by atoms with van der Waals surface area (Å²) in [5, 5.41) is 14.1. The third kappa shape index (κ3) is 5.16. The maximum atomic E-state index is 11.6. The van der Waals surface area contributed by atoms with Crippen LogP contribution in [0.2, 0.25) is 0 Å². The molecule has 0 saturated heterocycles. The van der Waals surface area contributed by atoms with Gasteiger partial charge in [0.2, 0.25) is 5.91 Å². The Morgan fingerprint density at radius 1 is 1.53 bits per heavy atom. The Hall–Kier alpha value is -1.14. The van der Waals surface area contributed by atoms with Crippen molar-refractivity contribution in [3.63, 3.8) is 0 Å². The third-order valence-electron chi connectivity index (χ3n) is 3.07. The number of nitrogens with zero attached hydrogens (tertiary/aromatic N) is 1. The van der Waals surface area contributed by atoms with Crippen LogP contribution >= 0.6 is 11.3 Å². The van der Waals surface area contributed by atoms with Gasteiger partial charge >= 0.3 is 4.87 Å². The van der Waals surface area contributed by atoms with Gasteiger partial charge < -0.3 is 15.0 Å². The minimum Gasteiger partial charge on any atom is -0.393 e. The van der Waals surface area contributed by atoms with E-state index < -0.39 is 0 Å². The number of carbonyl (C=O) groups is 1. The molecule has 1 amide bonds. The number of aromatic nitrogens is 1. The van der Waals surface area contributed by atoms with Gasteiger partial charge in [-0.1, -0.05) is 25.2 Å². The first-order chi connectivity index (χ1) is 8.91. The zero-order chi connectivity index (χ0) is 14.4. The molecule has 0 bridgehead atoms. The van der Waals surface area contributed by atoms with Crippen LogP contribution in [0.3, 0.4) is 0 Å². The van der Waals surface area contributed by atoms with Crippen molar-refractivity contribution in [3.05, 3.63) is 20.7 Å². The Labute approximate surface area is 117 Å². The highest BCUT2D eigenvalue weighted by Crippen LogP contribution is 2.04. The molecule has 2 N–H and O–H groups in total. The molecule has 0 aliphatic carbocycles. The maximum absolute atomic E-state index is 11.6.